The number of nitrogens with one attached hydrogen (secondary N) is 1. The Labute approximate surface area is 128 Å². The van der Waals surface area contributed by atoms with Crippen molar-refractivity contribution in [2.45, 2.75) is 31.9 Å². The van der Waals surface area contributed by atoms with Gasteiger partial charge in [-0.05, 0) is 24.6 Å². The van der Waals surface area contributed by atoms with Gasteiger partial charge in [0.05, 0.1) is 13.2 Å². The molecule has 1 aromatic rings. The molecule has 1 heterocycles. The number of benzene rings is 1. The summed E-state index contributed by atoms with van der Waals surface area (Å²) in [5, 5.41) is 13.5. The summed E-state index contributed by atoms with van der Waals surface area (Å²) in [6, 6.07) is 6.00. The highest BCUT2D eigenvalue weighted by Gasteiger charge is 2.31. The van der Waals surface area contributed by atoms with Crippen molar-refractivity contribution in [2.75, 3.05) is 26.4 Å². The lowest BCUT2D eigenvalue weighted by Gasteiger charge is -2.21. The second-order valence-corrected chi connectivity index (χ2v) is 6.15. The third-order valence-electron chi connectivity index (χ3n) is 3.34. The Morgan fingerprint density at radius 3 is 3.05 bits per heavy atom. The Bertz CT molecular complexity index is 433. The Morgan fingerprint density at radius 2 is 2.35 bits per heavy atom. The van der Waals surface area contributed by atoms with E-state index in [1.807, 2.05) is 18.2 Å². The molecule has 0 spiro atoms. The van der Waals surface area contributed by atoms with Crippen LogP contribution in [0.5, 0.6) is 5.75 Å². The van der Waals surface area contributed by atoms with Crippen molar-refractivity contribution < 1.29 is 14.6 Å². The smallest absolute Gasteiger partial charge is 0.123 e. The molecule has 112 valence electrons. The van der Waals surface area contributed by atoms with E-state index in [0.717, 1.165) is 22.2 Å². The summed E-state index contributed by atoms with van der Waals surface area (Å²) in [4.78, 5) is 0. The average molecular weight is 344 g/mol. The monoisotopic (exact) mass is 343 g/mol. The summed E-state index contributed by atoms with van der Waals surface area (Å²) < 4.78 is 12.0. The molecule has 1 aliphatic rings. The molecule has 4 nitrogen and oxygen atoms in total. The molecule has 2 rings (SSSR count). The van der Waals surface area contributed by atoms with Gasteiger partial charge in [0, 0.05) is 36.2 Å². The first-order valence-electron chi connectivity index (χ1n) is 7.05. The molecule has 5 heteroatoms. The molecule has 20 heavy (non-hydrogen) atoms. The van der Waals surface area contributed by atoms with Crippen LogP contribution in [-0.2, 0) is 11.3 Å². The van der Waals surface area contributed by atoms with Crippen LogP contribution in [0.1, 0.15) is 25.3 Å². The minimum absolute atomic E-state index is 0.414. The number of ether oxygens (including phenoxy) is 2. The van der Waals surface area contributed by atoms with E-state index in [2.05, 4.69) is 28.2 Å². The molecule has 1 atom stereocenters. The molecule has 0 radical (unpaired) electrons. The lowest BCUT2D eigenvalue weighted by atomic mass is 10.0. The standard InChI is InChI=1S/C15H22BrNO3/c1-2-6-20-14-4-3-13(16)8-12(14)9-17-10-15(18)5-7-19-11-15/h3-4,8,17-18H,2,5-7,9-11H2,1H3. The molecule has 1 unspecified atom stereocenters. The summed E-state index contributed by atoms with van der Waals surface area (Å²) in [6.07, 6.45) is 1.68. The van der Waals surface area contributed by atoms with Crippen molar-refractivity contribution in [1.29, 1.82) is 0 Å². The fourth-order valence-corrected chi connectivity index (χ4v) is 2.61. The van der Waals surface area contributed by atoms with Crippen LogP contribution in [0.3, 0.4) is 0 Å². The third-order valence-corrected chi connectivity index (χ3v) is 3.83. The molecule has 1 saturated heterocycles. The Hall–Kier alpha value is -0.620. The summed E-state index contributed by atoms with van der Waals surface area (Å²) in [5.41, 5.74) is 0.367. The first kappa shape index (κ1) is 15.8. The van der Waals surface area contributed by atoms with Gasteiger partial charge >= 0.3 is 0 Å². The molecule has 0 amide bonds. The predicted molar refractivity (Wildman–Crippen MR) is 82.0 cm³/mol. The van der Waals surface area contributed by atoms with Crippen LogP contribution in [0, 0.1) is 0 Å². The van der Waals surface area contributed by atoms with E-state index in [1.54, 1.807) is 0 Å². The van der Waals surface area contributed by atoms with Gasteiger partial charge in [0.1, 0.15) is 11.4 Å². The van der Waals surface area contributed by atoms with Gasteiger partial charge in [0.2, 0.25) is 0 Å². The highest BCUT2D eigenvalue weighted by molar-refractivity contribution is 9.10. The van der Waals surface area contributed by atoms with Crippen LogP contribution in [-0.4, -0.2) is 37.1 Å². The number of rotatable bonds is 7. The van der Waals surface area contributed by atoms with Crippen molar-refractivity contribution in [3.8, 4) is 5.75 Å². The SMILES string of the molecule is CCCOc1ccc(Br)cc1CNCC1(O)CCOC1. The van der Waals surface area contributed by atoms with Crippen LogP contribution < -0.4 is 10.1 Å². The highest BCUT2D eigenvalue weighted by Crippen LogP contribution is 2.24. The van der Waals surface area contributed by atoms with Crippen molar-refractivity contribution >= 4 is 15.9 Å². The molecule has 2 N–H and O–H groups in total. The third kappa shape index (κ3) is 4.45. The summed E-state index contributed by atoms with van der Waals surface area (Å²) in [7, 11) is 0. The van der Waals surface area contributed by atoms with Gasteiger partial charge in [-0.1, -0.05) is 22.9 Å². The summed E-state index contributed by atoms with van der Waals surface area (Å²) in [5.74, 6) is 0.900. The van der Waals surface area contributed by atoms with Gasteiger partial charge in [0.25, 0.3) is 0 Å². The number of hydrogen-bond acceptors (Lipinski definition) is 4. The number of halogens is 1. The minimum atomic E-state index is -0.726. The molecular formula is C15H22BrNO3. The maximum Gasteiger partial charge on any atom is 0.123 e. The van der Waals surface area contributed by atoms with Crippen LogP contribution in [0.15, 0.2) is 22.7 Å². The maximum atomic E-state index is 10.2. The fourth-order valence-electron chi connectivity index (χ4n) is 2.20. The first-order chi connectivity index (χ1) is 9.63. The van der Waals surface area contributed by atoms with E-state index in [9.17, 15) is 5.11 Å². The van der Waals surface area contributed by atoms with Crippen molar-refractivity contribution in [2.24, 2.45) is 0 Å². The molecule has 1 aromatic carbocycles. The molecule has 1 fully saturated rings. The molecule has 0 aromatic heterocycles. The van der Waals surface area contributed by atoms with E-state index < -0.39 is 5.60 Å². The molecule has 0 saturated carbocycles. The lowest BCUT2D eigenvalue weighted by Crippen LogP contribution is -2.40. The Morgan fingerprint density at radius 1 is 1.50 bits per heavy atom. The van der Waals surface area contributed by atoms with Gasteiger partial charge in [-0.2, -0.15) is 0 Å². The molecule has 0 bridgehead atoms. The van der Waals surface area contributed by atoms with Crippen molar-refractivity contribution in [3.05, 3.63) is 28.2 Å². The van der Waals surface area contributed by atoms with E-state index in [-0.39, 0.29) is 0 Å². The summed E-state index contributed by atoms with van der Waals surface area (Å²) >= 11 is 3.48. The zero-order valence-corrected chi connectivity index (χ0v) is 13.4. The maximum absolute atomic E-state index is 10.2. The average Bonchev–Trinajstić information content (AvgIpc) is 2.85. The second kappa shape index (κ2) is 7.41. The van der Waals surface area contributed by atoms with Crippen LogP contribution in [0.2, 0.25) is 0 Å². The van der Waals surface area contributed by atoms with E-state index in [1.165, 1.54) is 0 Å². The van der Waals surface area contributed by atoms with Gasteiger partial charge in [-0.25, -0.2) is 0 Å². The first-order valence-corrected chi connectivity index (χ1v) is 7.84. The van der Waals surface area contributed by atoms with Gasteiger partial charge in [0.15, 0.2) is 0 Å². The second-order valence-electron chi connectivity index (χ2n) is 5.23. The van der Waals surface area contributed by atoms with Crippen LogP contribution in [0.25, 0.3) is 0 Å². The van der Waals surface area contributed by atoms with Gasteiger partial charge in [-0.15, -0.1) is 0 Å². The van der Waals surface area contributed by atoms with Crippen molar-refractivity contribution in [3.63, 3.8) is 0 Å². The van der Waals surface area contributed by atoms with Crippen molar-refractivity contribution in [1.82, 2.24) is 5.32 Å². The topological polar surface area (TPSA) is 50.7 Å². The lowest BCUT2D eigenvalue weighted by molar-refractivity contribution is 0.0268. The predicted octanol–water partition coefficient (Wildman–Crippen LogP) is 2.48. The highest BCUT2D eigenvalue weighted by atomic mass is 79.9. The van der Waals surface area contributed by atoms with Crippen LogP contribution >= 0.6 is 15.9 Å². The summed E-state index contributed by atoms with van der Waals surface area (Å²) in [6.45, 7) is 5.06. The molecular weight excluding hydrogens is 322 g/mol. The fraction of sp³-hybridized carbons (Fsp3) is 0.600. The minimum Gasteiger partial charge on any atom is -0.493 e. The quantitative estimate of drug-likeness (QED) is 0.798. The van der Waals surface area contributed by atoms with Crippen LogP contribution in [0.4, 0.5) is 0 Å². The number of aliphatic hydroxyl groups is 1. The zero-order chi connectivity index (χ0) is 14.4. The zero-order valence-electron chi connectivity index (χ0n) is 11.8. The molecule has 0 aliphatic carbocycles. The van der Waals surface area contributed by atoms with E-state index in [0.29, 0.717) is 39.3 Å². The van der Waals surface area contributed by atoms with Gasteiger partial charge < -0.3 is 19.9 Å². The Balaban J connectivity index is 1.91. The molecule has 1 aliphatic heterocycles. The van der Waals surface area contributed by atoms with Gasteiger partial charge in [-0.3, -0.25) is 0 Å². The van der Waals surface area contributed by atoms with E-state index in [4.69, 9.17) is 9.47 Å². The normalized spacial score (nSPS) is 22.1. The van der Waals surface area contributed by atoms with E-state index >= 15 is 0 Å². The number of hydrogen-bond donors (Lipinski definition) is 2. The Kier molecular flexibility index (Phi) is 5.84. The largest absolute Gasteiger partial charge is 0.493 e.